The van der Waals surface area contributed by atoms with E-state index in [9.17, 15) is 24.3 Å². The molecule has 4 heterocycles. The van der Waals surface area contributed by atoms with Crippen LogP contribution in [0.4, 0.5) is 4.79 Å². The third kappa shape index (κ3) is 11.0. The number of amides is 4. The Morgan fingerprint density at radius 1 is 0.944 bits per heavy atom. The zero-order valence-electron chi connectivity index (χ0n) is 33.4. The zero-order chi connectivity index (χ0) is 39.4. The number of aryl methyl sites for hydroxylation is 1. The summed E-state index contributed by atoms with van der Waals surface area (Å²) in [5, 5.41) is 16.7. The molecule has 0 aliphatic carbocycles. The van der Waals surface area contributed by atoms with Crippen LogP contribution in [0.5, 0.6) is 0 Å². The van der Waals surface area contributed by atoms with Crippen molar-refractivity contribution in [2.45, 2.75) is 104 Å². The molecule has 3 aliphatic rings. The standard InChI is InChI=1S/C40H61N7O6S/c1-26(29-9-11-30(12-10-29)34-27(2)41-25-54-34)42-36(50)32-21-31(48)23-47(32)37(51)35(39(3,4)5)43-33(49)24-45-19-17-44(18-20-45)22-28-13-15-46(16-14-28)38(52)53-40(6,7)8/h9-12,25-26,28,31-32,35,48H,13-24H2,1-8H3,(H,42,50)(H,43,49)/t26-,31+,32-,35+/m0/s1. The molecular formula is C40H61N7O6S. The topological polar surface area (TPSA) is 148 Å². The first-order chi connectivity index (χ1) is 25.4. The summed E-state index contributed by atoms with van der Waals surface area (Å²) >= 11 is 1.59. The number of aliphatic hydroxyl groups excluding tert-OH is 1. The van der Waals surface area contributed by atoms with Crippen LogP contribution in [0, 0.1) is 18.3 Å². The highest BCUT2D eigenvalue weighted by atomic mass is 32.1. The minimum atomic E-state index is -0.876. The molecule has 3 fully saturated rings. The van der Waals surface area contributed by atoms with Crippen molar-refractivity contribution in [3.05, 3.63) is 41.0 Å². The second-order valence-electron chi connectivity index (χ2n) is 17.4. The first kappa shape index (κ1) is 41.6. The molecule has 13 nitrogen and oxygen atoms in total. The van der Waals surface area contributed by atoms with E-state index in [0.717, 1.165) is 67.3 Å². The average Bonchev–Trinajstić information content (AvgIpc) is 3.72. The molecule has 5 rings (SSSR count). The lowest BCUT2D eigenvalue weighted by Crippen LogP contribution is -2.59. The van der Waals surface area contributed by atoms with Gasteiger partial charge in [0.15, 0.2) is 0 Å². The van der Waals surface area contributed by atoms with E-state index in [-0.39, 0.29) is 49.4 Å². The van der Waals surface area contributed by atoms with Crippen LogP contribution in [0.3, 0.4) is 0 Å². The Kier molecular flexibility index (Phi) is 13.5. The fourth-order valence-electron chi connectivity index (χ4n) is 7.54. The monoisotopic (exact) mass is 767 g/mol. The lowest BCUT2D eigenvalue weighted by atomic mass is 9.85. The lowest BCUT2D eigenvalue weighted by molar-refractivity contribution is -0.144. The van der Waals surface area contributed by atoms with Crippen molar-refractivity contribution >= 4 is 35.2 Å². The van der Waals surface area contributed by atoms with E-state index >= 15 is 0 Å². The summed E-state index contributed by atoms with van der Waals surface area (Å²) in [6.07, 6.45) is 0.944. The van der Waals surface area contributed by atoms with Crippen LogP contribution in [-0.4, -0.2) is 136 Å². The van der Waals surface area contributed by atoms with E-state index < -0.39 is 29.2 Å². The third-order valence-electron chi connectivity index (χ3n) is 10.7. The maximum absolute atomic E-state index is 14.1. The molecule has 0 bridgehead atoms. The van der Waals surface area contributed by atoms with Crippen LogP contribution in [0.1, 0.15) is 85.0 Å². The molecule has 54 heavy (non-hydrogen) atoms. The number of nitrogens with one attached hydrogen (secondary N) is 2. The Labute approximate surface area is 324 Å². The number of piperidine rings is 1. The van der Waals surface area contributed by atoms with Gasteiger partial charge in [0.2, 0.25) is 17.7 Å². The number of ether oxygens (including phenoxy) is 1. The van der Waals surface area contributed by atoms with Crippen molar-refractivity contribution in [2.24, 2.45) is 11.3 Å². The highest BCUT2D eigenvalue weighted by Gasteiger charge is 2.45. The number of rotatable bonds is 10. The number of benzene rings is 1. The Morgan fingerprint density at radius 3 is 2.15 bits per heavy atom. The Balaban J connectivity index is 1.10. The maximum Gasteiger partial charge on any atom is 0.410 e. The van der Waals surface area contributed by atoms with Crippen molar-refractivity contribution in [3.63, 3.8) is 0 Å². The SMILES string of the molecule is Cc1ncsc1-c1ccc([C@H](C)NC(=O)[C@@H]2C[C@@H](O)CN2C(=O)[C@@H](NC(=O)CN2CCN(CC3CCN(C(=O)OC(C)(C)C)CC3)CC2)C(C)(C)C)cc1. The molecule has 0 radical (unpaired) electrons. The summed E-state index contributed by atoms with van der Waals surface area (Å²) in [5.41, 5.74) is 3.66. The summed E-state index contributed by atoms with van der Waals surface area (Å²) in [6, 6.07) is 5.95. The van der Waals surface area contributed by atoms with Crippen LogP contribution in [0.15, 0.2) is 29.8 Å². The second kappa shape index (κ2) is 17.5. The summed E-state index contributed by atoms with van der Waals surface area (Å²) in [7, 11) is 0. The summed E-state index contributed by atoms with van der Waals surface area (Å²) in [6.45, 7) is 21.0. The number of piperazine rings is 1. The number of nitrogens with zero attached hydrogens (tertiary/aromatic N) is 5. The van der Waals surface area contributed by atoms with Gasteiger partial charge >= 0.3 is 6.09 Å². The largest absolute Gasteiger partial charge is 0.444 e. The summed E-state index contributed by atoms with van der Waals surface area (Å²) < 4.78 is 5.54. The molecule has 4 amide bonds. The number of hydrogen-bond donors (Lipinski definition) is 3. The molecule has 4 atom stereocenters. The van der Waals surface area contributed by atoms with Crippen LogP contribution in [0.25, 0.3) is 10.4 Å². The van der Waals surface area contributed by atoms with Gasteiger partial charge < -0.3 is 35.2 Å². The molecule has 3 N–H and O–H groups in total. The molecule has 3 saturated heterocycles. The molecular weight excluding hydrogens is 707 g/mol. The molecule has 1 aromatic heterocycles. The van der Waals surface area contributed by atoms with E-state index in [1.807, 2.05) is 90.1 Å². The third-order valence-corrected chi connectivity index (χ3v) is 11.7. The Bertz CT molecular complexity index is 1600. The highest BCUT2D eigenvalue weighted by molar-refractivity contribution is 7.13. The van der Waals surface area contributed by atoms with Crippen molar-refractivity contribution in [3.8, 4) is 10.4 Å². The molecule has 298 valence electrons. The molecule has 0 unspecified atom stereocenters. The van der Waals surface area contributed by atoms with Crippen LogP contribution in [-0.2, 0) is 19.1 Å². The van der Waals surface area contributed by atoms with Crippen LogP contribution in [0.2, 0.25) is 0 Å². The van der Waals surface area contributed by atoms with Gasteiger partial charge in [-0.1, -0.05) is 45.0 Å². The van der Waals surface area contributed by atoms with E-state index in [4.69, 9.17) is 4.74 Å². The van der Waals surface area contributed by atoms with E-state index in [1.165, 1.54) is 4.90 Å². The number of β-amino-alcohol motifs (C(OH)–C–C–N with tert-alkyl or cyclic N) is 1. The number of aromatic nitrogens is 1. The highest BCUT2D eigenvalue weighted by Crippen LogP contribution is 2.30. The average molecular weight is 768 g/mol. The molecule has 0 spiro atoms. The van der Waals surface area contributed by atoms with Crippen LogP contribution >= 0.6 is 11.3 Å². The second-order valence-corrected chi connectivity index (χ2v) is 18.2. The normalized spacial score (nSPS) is 21.8. The van der Waals surface area contributed by atoms with Gasteiger partial charge in [-0.05, 0) is 69.9 Å². The van der Waals surface area contributed by atoms with Gasteiger partial charge in [-0.3, -0.25) is 19.3 Å². The number of thiazole rings is 1. The van der Waals surface area contributed by atoms with Gasteiger partial charge in [0.25, 0.3) is 0 Å². The van der Waals surface area contributed by atoms with Gasteiger partial charge in [-0.2, -0.15) is 0 Å². The predicted octanol–water partition coefficient (Wildman–Crippen LogP) is 4.05. The summed E-state index contributed by atoms with van der Waals surface area (Å²) in [5.74, 6) is -0.425. The predicted molar refractivity (Wildman–Crippen MR) is 210 cm³/mol. The van der Waals surface area contributed by atoms with Gasteiger partial charge in [0.1, 0.15) is 17.7 Å². The van der Waals surface area contributed by atoms with Gasteiger partial charge in [-0.25, -0.2) is 9.78 Å². The molecule has 1 aromatic carbocycles. The lowest BCUT2D eigenvalue weighted by Gasteiger charge is -2.39. The van der Waals surface area contributed by atoms with Crippen molar-refractivity contribution in [1.29, 1.82) is 0 Å². The van der Waals surface area contributed by atoms with Gasteiger partial charge in [-0.15, -0.1) is 11.3 Å². The number of hydrogen-bond acceptors (Lipinski definition) is 10. The number of likely N-dealkylation sites (tertiary alicyclic amines) is 2. The maximum atomic E-state index is 14.1. The minimum Gasteiger partial charge on any atom is -0.444 e. The number of carbonyl (C=O) groups is 4. The van der Waals surface area contributed by atoms with Crippen molar-refractivity contribution in [2.75, 3.05) is 58.9 Å². The first-order valence-electron chi connectivity index (χ1n) is 19.4. The molecule has 14 heteroatoms. The fraction of sp³-hybridized carbons (Fsp3) is 0.675. The minimum absolute atomic E-state index is 0.0264. The first-order valence-corrected chi connectivity index (χ1v) is 20.3. The quantitative estimate of drug-likeness (QED) is 0.326. The molecule has 0 saturated carbocycles. The van der Waals surface area contributed by atoms with E-state index in [1.54, 1.807) is 11.3 Å². The van der Waals surface area contributed by atoms with Crippen LogP contribution < -0.4 is 10.6 Å². The van der Waals surface area contributed by atoms with Crippen molar-refractivity contribution < 1.29 is 29.0 Å². The van der Waals surface area contributed by atoms with Gasteiger partial charge in [0.05, 0.1) is 34.8 Å². The number of aliphatic hydroxyl groups is 1. The van der Waals surface area contributed by atoms with Crippen molar-refractivity contribution in [1.82, 2.24) is 35.2 Å². The molecule has 2 aromatic rings. The Hall–Kier alpha value is -3.59. The molecule has 3 aliphatic heterocycles. The Morgan fingerprint density at radius 2 is 1.57 bits per heavy atom. The fourth-order valence-corrected chi connectivity index (χ4v) is 8.36. The van der Waals surface area contributed by atoms with E-state index in [0.29, 0.717) is 19.0 Å². The smallest absolute Gasteiger partial charge is 0.410 e. The number of carbonyl (C=O) groups excluding carboxylic acids is 4. The van der Waals surface area contributed by atoms with E-state index in [2.05, 4.69) is 25.4 Å². The zero-order valence-corrected chi connectivity index (χ0v) is 34.2. The van der Waals surface area contributed by atoms with Gasteiger partial charge in [0, 0.05) is 58.8 Å². The summed E-state index contributed by atoms with van der Waals surface area (Å²) in [4.78, 5) is 66.9.